The van der Waals surface area contributed by atoms with Gasteiger partial charge in [0.05, 0.1) is 0 Å². The minimum atomic E-state index is -0.510. The average Bonchev–Trinajstić information content (AvgIpc) is 3.18. The molecule has 1 aliphatic carbocycles. The number of rotatable bonds is 6. The first-order valence-electron chi connectivity index (χ1n) is 6.61. The number of carbonyl (C=O) groups is 1. The zero-order chi connectivity index (χ0) is 14.8. The van der Waals surface area contributed by atoms with Crippen molar-refractivity contribution in [1.82, 2.24) is 14.5 Å². The molecule has 0 spiro atoms. The van der Waals surface area contributed by atoms with Crippen LogP contribution in [0.5, 0.6) is 0 Å². The molecule has 2 rings (SSSR count). The summed E-state index contributed by atoms with van der Waals surface area (Å²) in [6, 6.07) is 1.25. The highest BCUT2D eigenvalue weighted by Crippen LogP contribution is 2.47. The Morgan fingerprint density at radius 2 is 2.15 bits per heavy atom. The summed E-state index contributed by atoms with van der Waals surface area (Å²) in [6.45, 7) is 0.533. The normalized spacial score (nSPS) is 15.9. The summed E-state index contributed by atoms with van der Waals surface area (Å²) >= 11 is 0. The van der Waals surface area contributed by atoms with Gasteiger partial charge in [0, 0.05) is 32.5 Å². The summed E-state index contributed by atoms with van der Waals surface area (Å²) in [6.07, 6.45) is 4.03. The molecule has 0 saturated heterocycles. The van der Waals surface area contributed by atoms with Gasteiger partial charge in [-0.05, 0) is 24.7 Å². The number of aromatic nitrogens is 2. The van der Waals surface area contributed by atoms with Crippen molar-refractivity contribution in [3.05, 3.63) is 33.1 Å². The summed E-state index contributed by atoms with van der Waals surface area (Å²) < 4.78 is 2.16. The van der Waals surface area contributed by atoms with E-state index in [0.29, 0.717) is 13.0 Å². The first kappa shape index (κ1) is 14.5. The van der Waals surface area contributed by atoms with Gasteiger partial charge in [0.1, 0.15) is 6.54 Å². The van der Waals surface area contributed by atoms with Crippen molar-refractivity contribution in [2.24, 2.45) is 12.5 Å². The summed E-state index contributed by atoms with van der Waals surface area (Å²) in [7, 11) is 1.37. The minimum absolute atomic E-state index is 0.0406. The summed E-state index contributed by atoms with van der Waals surface area (Å²) in [5, 5.41) is 11.7. The van der Waals surface area contributed by atoms with Crippen LogP contribution in [0.4, 0.5) is 0 Å². The predicted octanol–water partition coefficient (Wildman–Crippen LogP) is -1.17. The fraction of sp³-hybridized carbons (Fsp3) is 0.615. The van der Waals surface area contributed by atoms with Crippen molar-refractivity contribution in [1.29, 1.82) is 0 Å². The summed E-state index contributed by atoms with van der Waals surface area (Å²) in [4.78, 5) is 34.8. The van der Waals surface area contributed by atoms with Crippen LogP contribution in [-0.2, 0) is 18.4 Å². The highest BCUT2D eigenvalue weighted by atomic mass is 16.3. The third kappa shape index (κ3) is 3.16. The molecular formula is C13H19N3O4. The molecule has 2 N–H and O–H groups in total. The predicted molar refractivity (Wildman–Crippen MR) is 72.3 cm³/mol. The third-order valence-electron chi connectivity index (χ3n) is 3.83. The van der Waals surface area contributed by atoms with Crippen molar-refractivity contribution in [3.8, 4) is 0 Å². The van der Waals surface area contributed by atoms with E-state index in [-0.39, 0.29) is 24.5 Å². The van der Waals surface area contributed by atoms with Crippen molar-refractivity contribution < 1.29 is 9.90 Å². The number of aliphatic hydroxyl groups excluding tert-OH is 1. The van der Waals surface area contributed by atoms with Crippen molar-refractivity contribution >= 4 is 5.91 Å². The minimum Gasteiger partial charge on any atom is -0.396 e. The number of nitrogens with one attached hydrogen (secondary N) is 1. The van der Waals surface area contributed by atoms with Crippen molar-refractivity contribution in [2.75, 3.05) is 13.2 Å². The largest absolute Gasteiger partial charge is 0.396 e. The van der Waals surface area contributed by atoms with Gasteiger partial charge in [-0.25, -0.2) is 4.79 Å². The van der Waals surface area contributed by atoms with Gasteiger partial charge in [0.15, 0.2) is 0 Å². The highest BCUT2D eigenvalue weighted by Gasteiger charge is 2.41. The lowest BCUT2D eigenvalue weighted by molar-refractivity contribution is -0.122. The molecule has 1 aliphatic rings. The Bertz CT molecular complexity index is 613. The molecule has 0 aromatic carbocycles. The number of hydrogen-bond acceptors (Lipinski definition) is 4. The Labute approximate surface area is 115 Å². The smallest absolute Gasteiger partial charge is 0.331 e. The maximum atomic E-state index is 11.8. The van der Waals surface area contributed by atoms with Gasteiger partial charge >= 0.3 is 5.69 Å². The SMILES string of the molecule is Cn1c(=O)ccn(CC(=O)NCC2(CCO)CC2)c1=O. The zero-order valence-electron chi connectivity index (χ0n) is 11.5. The van der Waals surface area contributed by atoms with E-state index in [4.69, 9.17) is 5.11 Å². The zero-order valence-corrected chi connectivity index (χ0v) is 11.5. The van der Waals surface area contributed by atoms with Gasteiger partial charge in [-0.1, -0.05) is 0 Å². The van der Waals surface area contributed by atoms with Crippen molar-refractivity contribution in [2.45, 2.75) is 25.8 Å². The van der Waals surface area contributed by atoms with Gasteiger partial charge in [-0.15, -0.1) is 0 Å². The van der Waals surface area contributed by atoms with Crippen LogP contribution in [0.15, 0.2) is 21.9 Å². The van der Waals surface area contributed by atoms with Crippen molar-refractivity contribution in [3.63, 3.8) is 0 Å². The molecule has 0 aliphatic heterocycles. The molecule has 110 valence electrons. The van der Waals surface area contributed by atoms with Crippen LogP contribution >= 0.6 is 0 Å². The first-order chi connectivity index (χ1) is 9.47. The maximum absolute atomic E-state index is 11.8. The van der Waals surface area contributed by atoms with Crippen LogP contribution in [0.2, 0.25) is 0 Å². The van der Waals surface area contributed by atoms with E-state index in [1.54, 1.807) is 0 Å². The van der Waals surface area contributed by atoms with Gasteiger partial charge in [-0.2, -0.15) is 0 Å². The van der Waals surface area contributed by atoms with E-state index in [1.165, 1.54) is 23.9 Å². The van der Waals surface area contributed by atoms with Crippen LogP contribution in [0, 0.1) is 5.41 Å². The van der Waals surface area contributed by atoms with E-state index in [2.05, 4.69) is 5.32 Å². The molecule has 0 unspecified atom stereocenters. The fourth-order valence-corrected chi connectivity index (χ4v) is 2.16. The quantitative estimate of drug-likeness (QED) is 0.687. The Kier molecular flexibility index (Phi) is 4.08. The molecule has 1 aromatic heterocycles. The Morgan fingerprint density at radius 3 is 2.75 bits per heavy atom. The van der Waals surface area contributed by atoms with Crippen LogP contribution in [0.1, 0.15) is 19.3 Å². The monoisotopic (exact) mass is 281 g/mol. The second kappa shape index (κ2) is 5.62. The molecule has 1 amide bonds. The van der Waals surface area contributed by atoms with E-state index < -0.39 is 11.2 Å². The van der Waals surface area contributed by atoms with Gasteiger partial charge in [0.2, 0.25) is 5.91 Å². The second-order valence-electron chi connectivity index (χ2n) is 5.37. The number of amides is 1. The first-order valence-corrected chi connectivity index (χ1v) is 6.61. The molecule has 1 heterocycles. The summed E-state index contributed by atoms with van der Waals surface area (Å²) in [5.74, 6) is -0.269. The van der Waals surface area contributed by atoms with Crippen LogP contribution in [0.3, 0.4) is 0 Å². The van der Waals surface area contributed by atoms with Crippen LogP contribution in [0.25, 0.3) is 0 Å². The lowest BCUT2D eigenvalue weighted by Gasteiger charge is -2.15. The average molecular weight is 281 g/mol. The van der Waals surface area contributed by atoms with Crippen LogP contribution < -0.4 is 16.6 Å². The molecule has 7 nitrogen and oxygen atoms in total. The maximum Gasteiger partial charge on any atom is 0.331 e. The fourth-order valence-electron chi connectivity index (χ4n) is 2.16. The molecule has 7 heteroatoms. The third-order valence-corrected chi connectivity index (χ3v) is 3.83. The Hall–Kier alpha value is -1.89. The number of aliphatic hydroxyl groups is 1. The van der Waals surface area contributed by atoms with Gasteiger partial charge < -0.3 is 10.4 Å². The number of nitrogens with zero attached hydrogens (tertiary/aromatic N) is 2. The van der Waals surface area contributed by atoms with E-state index in [9.17, 15) is 14.4 Å². The molecule has 20 heavy (non-hydrogen) atoms. The highest BCUT2D eigenvalue weighted by molar-refractivity contribution is 5.75. The summed E-state index contributed by atoms with van der Waals surface area (Å²) in [5.41, 5.74) is -0.866. The second-order valence-corrected chi connectivity index (χ2v) is 5.37. The molecular weight excluding hydrogens is 262 g/mol. The topological polar surface area (TPSA) is 93.3 Å². The van der Waals surface area contributed by atoms with E-state index in [1.807, 2.05) is 0 Å². The molecule has 1 fully saturated rings. The number of hydrogen-bond donors (Lipinski definition) is 2. The molecule has 1 aromatic rings. The van der Waals surface area contributed by atoms with E-state index >= 15 is 0 Å². The van der Waals surface area contributed by atoms with Gasteiger partial charge in [0.25, 0.3) is 5.56 Å². The molecule has 0 radical (unpaired) electrons. The number of carbonyl (C=O) groups excluding carboxylic acids is 1. The Balaban J connectivity index is 1.94. The lowest BCUT2D eigenvalue weighted by atomic mass is 10.0. The Morgan fingerprint density at radius 1 is 1.45 bits per heavy atom. The molecule has 0 atom stereocenters. The standard InChI is InChI=1S/C13H19N3O4/c1-15-11(19)2-6-16(12(15)20)8-10(18)14-9-13(3-4-13)5-7-17/h2,6,17H,3-5,7-9H2,1H3,(H,14,18). The van der Waals surface area contributed by atoms with Crippen LogP contribution in [-0.4, -0.2) is 33.3 Å². The lowest BCUT2D eigenvalue weighted by Crippen LogP contribution is -2.41. The van der Waals surface area contributed by atoms with Gasteiger partial charge in [-0.3, -0.25) is 18.7 Å². The van der Waals surface area contributed by atoms with E-state index in [0.717, 1.165) is 17.4 Å². The molecule has 1 saturated carbocycles. The molecule has 0 bridgehead atoms.